The minimum atomic E-state index is -0.229. The Morgan fingerprint density at radius 2 is 2.16 bits per heavy atom. The third kappa shape index (κ3) is 3.94. The van der Waals surface area contributed by atoms with Crippen molar-refractivity contribution in [1.82, 2.24) is 5.32 Å². The predicted octanol–water partition coefficient (Wildman–Crippen LogP) is 2.64. The van der Waals surface area contributed by atoms with Crippen LogP contribution in [0.15, 0.2) is 18.2 Å². The molecule has 3 N–H and O–H groups in total. The summed E-state index contributed by atoms with van der Waals surface area (Å²) in [6, 6.07) is 5.65. The Labute approximate surface area is 154 Å². The maximum atomic E-state index is 12.6. The highest BCUT2D eigenvalue weighted by atomic mass is 35.5. The number of carbonyl (C=O) groups excluding carboxylic acids is 1. The summed E-state index contributed by atoms with van der Waals surface area (Å²) >= 11 is 6.25. The third-order valence-corrected chi connectivity index (χ3v) is 5.93. The quantitative estimate of drug-likeness (QED) is 0.840. The lowest BCUT2D eigenvalue weighted by molar-refractivity contribution is -0.125. The summed E-state index contributed by atoms with van der Waals surface area (Å²) in [5.74, 6) is 0.799. The van der Waals surface area contributed by atoms with Crippen LogP contribution in [0.5, 0.6) is 5.75 Å². The van der Waals surface area contributed by atoms with Gasteiger partial charge in [0, 0.05) is 41.8 Å². The van der Waals surface area contributed by atoms with Gasteiger partial charge in [0.2, 0.25) is 5.91 Å². The molecule has 1 aliphatic carbocycles. The summed E-state index contributed by atoms with van der Waals surface area (Å²) in [4.78, 5) is 12.6. The zero-order valence-electron chi connectivity index (χ0n) is 14.7. The fraction of sp³-hybridized carbons (Fsp3) is 0.632. The lowest BCUT2D eigenvalue weighted by Crippen LogP contribution is -2.47. The molecule has 1 aromatic rings. The van der Waals surface area contributed by atoms with E-state index in [9.17, 15) is 4.79 Å². The van der Waals surface area contributed by atoms with E-state index in [-0.39, 0.29) is 23.3 Å². The van der Waals surface area contributed by atoms with E-state index in [2.05, 4.69) is 5.32 Å². The lowest BCUT2D eigenvalue weighted by atomic mass is 9.73. The number of methoxy groups -OCH3 is 1. The largest absolute Gasteiger partial charge is 0.496 e. The standard InChI is InChI=1S/C19H27ClN2O3/c1-24-17-6-5-13(20)11-15(17)19(7-9-25-10-8-19)12-22-18(23)14-3-2-4-16(14)21/h5-6,11,14,16H,2-4,7-10,12,21H2,1H3,(H,22,23)/t14-,16-/m1/s1. The van der Waals surface area contributed by atoms with Crippen LogP contribution in [0.3, 0.4) is 0 Å². The number of nitrogens with two attached hydrogens (primary N) is 1. The Bertz CT molecular complexity index is 617. The van der Waals surface area contributed by atoms with Gasteiger partial charge in [0.05, 0.1) is 13.0 Å². The van der Waals surface area contributed by atoms with Crippen LogP contribution >= 0.6 is 11.6 Å². The number of amides is 1. The molecule has 2 aliphatic rings. The first-order valence-electron chi connectivity index (χ1n) is 9.01. The van der Waals surface area contributed by atoms with Crippen molar-refractivity contribution in [2.75, 3.05) is 26.9 Å². The van der Waals surface area contributed by atoms with Gasteiger partial charge in [-0.05, 0) is 43.9 Å². The fourth-order valence-corrected chi connectivity index (χ4v) is 4.27. The normalized spacial score (nSPS) is 25.6. The van der Waals surface area contributed by atoms with Crippen molar-refractivity contribution >= 4 is 17.5 Å². The van der Waals surface area contributed by atoms with E-state index in [1.54, 1.807) is 7.11 Å². The van der Waals surface area contributed by atoms with Gasteiger partial charge in [-0.3, -0.25) is 4.79 Å². The number of carbonyl (C=O) groups is 1. The first kappa shape index (κ1) is 18.5. The second-order valence-electron chi connectivity index (χ2n) is 7.16. The molecule has 0 unspecified atom stereocenters. The summed E-state index contributed by atoms with van der Waals surface area (Å²) in [5, 5.41) is 3.83. The summed E-state index contributed by atoms with van der Waals surface area (Å²) in [6.45, 7) is 1.87. The number of nitrogens with one attached hydrogen (secondary N) is 1. The van der Waals surface area contributed by atoms with Crippen LogP contribution in [0.4, 0.5) is 0 Å². The van der Waals surface area contributed by atoms with Crippen LogP contribution in [0.25, 0.3) is 0 Å². The maximum Gasteiger partial charge on any atom is 0.224 e. The van der Waals surface area contributed by atoms with Crippen molar-refractivity contribution < 1.29 is 14.3 Å². The zero-order valence-corrected chi connectivity index (χ0v) is 15.5. The first-order valence-corrected chi connectivity index (χ1v) is 9.38. The van der Waals surface area contributed by atoms with Crippen LogP contribution < -0.4 is 15.8 Å². The topological polar surface area (TPSA) is 73.6 Å². The molecule has 0 radical (unpaired) electrons. The van der Waals surface area contributed by atoms with E-state index >= 15 is 0 Å². The number of halogens is 1. The molecule has 5 nitrogen and oxygen atoms in total. The maximum absolute atomic E-state index is 12.6. The molecule has 1 heterocycles. The Morgan fingerprint density at radius 1 is 1.40 bits per heavy atom. The molecule has 1 saturated carbocycles. The Balaban J connectivity index is 1.82. The predicted molar refractivity (Wildman–Crippen MR) is 98.1 cm³/mol. The molecule has 25 heavy (non-hydrogen) atoms. The van der Waals surface area contributed by atoms with Gasteiger partial charge >= 0.3 is 0 Å². The minimum absolute atomic E-state index is 0.0219. The average Bonchev–Trinajstić information content (AvgIpc) is 3.06. The van der Waals surface area contributed by atoms with Gasteiger partial charge in [-0.15, -0.1) is 0 Å². The van der Waals surface area contributed by atoms with Gasteiger partial charge in [0.25, 0.3) is 0 Å². The molecule has 2 atom stereocenters. The number of hydrogen-bond donors (Lipinski definition) is 2. The van der Waals surface area contributed by atoms with Crippen LogP contribution in [-0.4, -0.2) is 38.8 Å². The molecule has 1 aromatic carbocycles. The highest BCUT2D eigenvalue weighted by molar-refractivity contribution is 6.30. The number of ether oxygens (including phenoxy) is 2. The van der Waals surface area contributed by atoms with Crippen molar-refractivity contribution in [3.63, 3.8) is 0 Å². The molecule has 1 aliphatic heterocycles. The summed E-state index contributed by atoms with van der Waals surface area (Å²) in [7, 11) is 1.66. The minimum Gasteiger partial charge on any atom is -0.496 e. The molecular formula is C19H27ClN2O3. The molecule has 3 rings (SSSR count). The van der Waals surface area contributed by atoms with E-state index in [1.807, 2.05) is 18.2 Å². The van der Waals surface area contributed by atoms with E-state index in [1.165, 1.54) is 0 Å². The molecule has 0 aromatic heterocycles. The van der Waals surface area contributed by atoms with Crippen molar-refractivity contribution in [3.8, 4) is 5.75 Å². The second-order valence-corrected chi connectivity index (χ2v) is 7.59. The summed E-state index contributed by atoms with van der Waals surface area (Å²) in [6.07, 6.45) is 4.48. The molecule has 138 valence electrons. The lowest BCUT2D eigenvalue weighted by Gasteiger charge is -2.39. The SMILES string of the molecule is COc1ccc(Cl)cc1C1(CNC(=O)[C@@H]2CCC[C@H]2N)CCOCC1. The third-order valence-electron chi connectivity index (χ3n) is 5.69. The van der Waals surface area contributed by atoms with Crippen molar-refractivity contribution in [3.05, 3.63) is 28.8 Å². The Morgan fingerprint density at radius 3 is 2.80 bits per heavy atom. The number of hydrogen-bond acceptors (Lipinski definition) is 4. The van der Waals surface area contributed by atoms with E-state index in [4.69, 9.17) is 26.8 Å². The number of benzene rings is 1. The van der Waals surface area contributed by atoms with Gasteiger partial charge < -0.3 is 20.5 Å². The Kier molecular flexibility index (Phi) is 5.87. The van der Waals surface area contributed by atoms with Crippen LogP contribution in [-0.2, 0) is 14.9 Å². The van der Waals surface area contributed by atoms with Crippen LogP contribution in [0.1, 0.15) is 37.7 Å². The molecule has 6 heteroatoms. The molecule has 0 spiro atoms. The summed E-state index contributed by atoms with van der Waals surface area (Å²) < 4.78 is 11.1. The monoisotopic (exact) mass is 366 g/mol. The fourth-order valence-electron chi connectivity index (χ4n) is 4.10. The zero-order chi connectivity index (χ0) is 17.9. The van der Waals surface area contributed by atoms with Crippen molar-refractivity contribution in [2.45, 2.75) is 43.6 Å². The van der Waals surface area contributed by atoms with Crippen molar-refractivity contribution in [2.24, 2.45) is 11.7 Å². The Hall–Kier alpha value is -1.30. The smallest absolute Gasteiger partial charge is 0.224 e. The number of rotatable bonds is 5. The average molecular weight is 367 g/mol. The van der Waals surface area contributed by atoms with Gasteiger partial charge in [0.1, 0.15) is 5.75 Å². The van der Waals surface area contributed by atoms with Gasteiger partial charge in [-0.25, -0.2) is 0 Å². The second kappa shape index (κ2) is 7.94. The molecular weight excluding hydrogens is 340 g/mol. The van der Waals surface area contributed by atoms with Gasteiger partial charge in [-0.1, -0.05) is 18.0 Å². The van der Waals surface area contributed by atoms with Crippen LogP contribution in [0, 0.1) is 5.92 Å². The summed E-state index contributed by atoms with van der Waals surface area (Å²) in [5.41, 5.74) is 6.89. The van der Waals surface area contributed by atoms with Crippen molar-refractivity contribution in [1.29, 1.82) is 0 Å². The molecule has 2 fully saturated rings. The molecule has 1 amide bonds. The molecule has 1 saturated heterocycles. The van der Waals surface area contributed by atoms with Gasteiger partial charge in [0.15, 0.2) is 0 Å². The van der Waals surface area contributed by atoms with E-state index < -0.39 is 0 Å². The first-order chi connectivity index (χ1) is 12.1. The highest BCUT2D eigenvalue weighted by Crippen LogP contribution is 2.41. The molecule has 0 bridgehead atoms. The van der Waals surface area contributed by atoms with E-state index in [0.29, 0.717) is 24.8 Å². The van der Waals surface area contributed by atoms with E-state index in [0.717, 1.165) is 43.4 Å². The van der Waals surface area contributed by atoms with Gasteiger partial charge in [-0.2, -0.15) is 0 Å². The van der Waals surface area contributed by atoms with Crippen LogP contribution in [0.2, 0.25) is 5.02 Å². The highest BCUT2D eigenvalue weighted by Gasteiger charge is 2.39.